The van der Waals surface area contributed by atoms with Gasteiger partial charge in [0.05, 0.1) is 6.54 Å². The van der Waals surface area contributed by atoms with Crippen molar-refractivity contribution >= 4 is 5.96 Å². The molecule has 0 aliphatic carbocycles. The Balaban J connectivity index is 1.58. The zero-order valence-corrected chi connectivity index (χ0v) is 14.8. The summed E-state index contributed by atoms with van der Waals surface area (Å²) in [7, 11) is 0. The van der Waals surface area contributed by atoms with E-state index in [0.717, 1.165) is 64.7 Å². The number of aliphatic imine (C=N–C) groups is 1. The highest BCUT2D eigenvalue weighted by Crippen LogP contribution is 2.14. The summed E-state index contributed by atoms with van der Waals surface area (Å²) in [6.45, 7) is 7.94. The molecule has 1 heterocycles. The van der Waals surface area contributed by atoms with E-state index in [-0.39, 0.29) is 0 Å². The predicted molar refractivity (Wildman–Crippen MR) is 98.2 cm³/mol. The molecule has 1 fully saturated rings. The van der Waals surface area contributed by atoms with E-state index in [1.54, 1.807) is 0 Å². The van der Waals surface area contributed by atoms with Crippen molar-refractivity contribution in [1.29, 1.82) is 0 Å². The first-order valence-corrected chi connectivity index (χ1v) is 9.10. The van der Waals surface area contributed by atoms with Crippen LogP contribution in [0.1, 0.15) is 31.7 Å². The molecule has 0 spiro atoms. The Morgan fingerprint density at radius 2 is 2.00 bits per heavy atom. The Labute approximate surface area is 145 Å². The average molecular weight is 333 g/mol. The van der Waals surface area contributed by atoms with Gasteiger partial charge in [-0.05, 0) is 37.7 Å². The number of benzene rings is 1. The number of ether oxygens (including phenoxy) is 2. The molecule has 134 valence electrons. The van der Waals surface area contributed by atoms with E-state index in [2.05, 4.69) is 34.7 Å². The molecule has 0 unspecified atom stereocenters. The van der Waals surface area contributed by atoms with Crippen molar-refractivity contribution in [2.24, 2.45) is 10.9 Å². The molecule has 0 atom stereocenters. The molecule has 0 bridgehead atoms. The number of hydrogen-bond acceptors (Lipinski definition) is 3. The topological polar surface area (TPSA) is 54.9 Å². The lowest BCUT2D eigenvalue weighted by atomic mass is 10.0. The molecule has 2 N–H and O–H groups in total. The Hall–Kier alpha value is -1.59. The average Bonchev–Trinajstić information content (AvgIpc) is 2.64. The second-order valence-corrected chi connectivity index (χ2v) is 6.09. The van der Waals surface area contributed by atoms with Gasteiger partial charge in [0.15, 0.2) is 5.96 Å². The maximum Gasteiger partial charge on any atom is 0.191 e. The minimum absolute atomic E-state index is 0.677. The fourth-order valence-corrected chi connectivity index (χ4v) is 2.64. The van der Waals surface area contributed by atoms with Gasteiger partial charge in [0.1, 0.15) is 0 Å². The second kappa shape index (κ2) is 11.9. The van der Waals surface area contributed by atoms with Gasteiger partial charge in [-0.25, -0.2) is 4.99 Å². The first-order chi connectivity index (χ1) is 11.9. The van der Waals surface area contributed by atoms with Crippen LogP contribution in [0.15, 0.2) is 35.3 Å². The quantitative estimate of drug-likeness (QED) is 0.414. The van der Waals surface area contributed by atoms with Gasteiger partial charge in [-0.15, -0.1) is 0 Å². The lowest BCUT2D eigenvalue weighted by Gasteiger charge is -2.21. The van der Waals surface area contributed by atoms with Crippen molar-refractivity contribution in [2.45, 2.75) is 32.7 Å². The van der Waals surface area contributed by atoms with Crippen molar-refractivity contribution in [3.05, 3.63) is 35.9 Å². The maximum atomic E-state index is 5.79. The molecule has 1 aliphatic rings. The van der Waals surface area contributed by atoms with Crippen LogP contribution in [0.25, 0.3) is 0 Å². The van der Waals surface area contributed by atoms with E-state index in [1.807, 2.05) is 18.2 Å². The third-order valence-corrected chi connectivity index (χ3v) is 4.06. The van der Waals surface area contributed by atoms with Gasteiger partial charge in [0, 0.05) is 39.5 Å². The summed E-state index contributed by atoms with van der Waals surface area (Å²) < 4.78 is 11.2. The molecule has 2 rings (SSSR count). The molecule has 0 saturated carbocycles. The lowest BCUT2D eigenvalue weighted by molar-refractivity contribution is 0.0203. The molecule has 24 heavy (non-hydrogen) atoms. The summed E-state index contributed by atoms with van der Waals surface area (Å²) in [5, 5.41) is 6.65. The molecular weight excluding hydrogens is 302 g/mol. The predicted octanol–water partition coefficient (Wildman–Crippen LogP) is 2.58. The van der Waals surface area contributed by atoms with E-state index in [1.165, 1.54) is 5.56 Å². The summed E-state index contributed by atoms with van der Waals surface area (Å²) in [5.74, 6) is 1.54. The van der Waals surface area contributed by atoms with Crippen molar-refractivity contribution in [2.75, 3.05) is 39.5 Å². The van der Waals surface area contributed by atoms with Gasteiger partial charge >= 0.3 is 0 Å². The normalized spacial score (nSPS) is 16.1. The van der Waals surface area contributed by atoms with Gasteiger partial charge in [0.25, 0.3) is 0 Å². The molecular formula is C19H31N3O2. The molecule has 5 heteroatoms. The number of hydrogen-bond donors (Lipinski definition) is 2. The molecule has 1 aliphatic heterocycles. The Bertz CT molecular complexity index is 459. The van der Waals surface area contributed by atoms with E-state index in [4.69, 9.17) is 9.47 Å². The van der Waals surface area contributed by atoms with Crippen LogP contribution in [0, 0.1) is 5.92 Å². The van der Waals surface area contributed by atoms with Crippen LogP contribution < -0.4 is 10.6 Å². The Morgan fingerprint density at radius 3 is 2.75 bits per heavy atom. The highest BCUT2D eigenvalue weighted by molar-refractivity contribution is 5.79. The summed E-state index contributed by atoms with van der Waals surface area (Å²) in [5.41, 5.74) is 1.22. The Morgan fingerprint density at radius 1 is 1.21 bits per heavy atom. The number of guanidine groups is 1. The summed E-state index contributed by atoms with van der Waals surface area (Å²) in [6, 6.07) is 10.3. The fourth-order valence-electron chi connectivity index (χ4n) is 2.64. The van der Waals surface area contributed by atoms with E-state index >= 15 is 0 Å². The highest BCUT2D eigenvalue weighted by atomic mass is 16.5. The molecule has 0 aromatic heterocycles. The van der Waals surface area contributed by atoms with Crippen molar-refractivity contribution in [3.8, 4) is 0 Å². The third kappa shape index (κ3) is 7.79. The standard InChI is InChI=1S/C19H31N3O2/c1-2-20-19(22-15-17-7-4-3-5-8-17)21-11-6-12-24-16-18-9-13-23-14-10-18/h3-5,7-8,18H,2,6,9-16H2,1H3,(H2,20,21,22). The van der Waals surface area contributed by atoms with Crippen LogP contribution >= 0.6 is 0 Å². The van der Waals surface area contributed by atoms with E-state index < -0.39 is 0 Å². The molecule has 5 nitrogen and oxygen atoms in total. The largest absolute Gasteiger partial charge is 0.381 e. The zero-order valence-electron chi connectivity index (χ0n) is 14.8. The van der Waals surface area contributed by atoms with Gasteiger partial charge < -0.3 is 20.1 Å². The Kier molecular flexibility index (Phi) is 9.27. The van der Waals surface area contributed by atoms with Crippen molar-refractivity contribution in [1.82, 2.24) is 10.6 Å². The first-order valence-electron chi connectivity index (χ1n) is 9.10. The second-order valence-electron chi connectivity index (χ2n) is 6.09. The maximum absolute atomic E-state index is 5.79. The van der Waals surface area contributed by atoms with Crippen LogP contribution in [0.3, 0.4) is 0 Å². The monoisotopic (exact) mass is 333 g/mol. The SMILES string of the molecule is CCNC(=NCc1ccccc1)NCCCOCC1CCOCC1. The zero-order chi connectivity index (χ0) is 16.9. The van der Waals surface area contributed by atoms with Crippen molar-refractivity contribution < 1.29 is 9.47 Å². The number of rotatable bonds is 9. The highest BCUT2D eigenvalue weighted by Gasteiger charge is 2.13. The minimum atomic E-state index is 0.677. The van der Waals surface area contributed by atoms with E-state index in [9.17, 15) is 0 Å². The molecule has 0 radical (unpaired) electrons. The first kappa shape index (κ1) is 18.7. The summed E-state index contributed by atoms with van der Waals surface area (Å²) in [6.07, 6.45) is 3.25. The van der Waals surface area contributed by atoms with E-state index in [0.29, 0.717) is 12.5 Å². The summed E-state index contributed by atoms with van der Waals surface area (Å²) >= 11 is 0. The van der Waals surface area contributed by atoms with Crippen LogP contribution in [0.4, 0.5) is 0 Å². The molecule has 1 saturated heterocycles. The van der Waals surface area contributed by atoms with Crippen LogP contribution in [0.5, 0.6) is 0 Å². The van der Waals surface area contributed by atoms with Crippen molar-refractivity contribution in [3.63, 3.8) is 0 Å². The third-order valence-electron chi connectivity index (χ3n) is 4.06. The molecule has 1 aromatic rings. The fraction of sp³-hybridized carbons (Fsp3) is 0.632. The van der Waals surface area contributed by atoms with Crippen LogP contribution in [-0.2, 0) is 16.0 Å². The number of nitrogens with zero attached hydrogens (tertiary/aromatic N) is 1. The van der Waals surface area contributed by atoms with Gasteiger partial charge in [-0.1, -0.05) is 30.3 Å². The smallest absolute Gasteiger partial charge is 0.191 e. The molecule has 0 amide bonds. The van der Waals surface area contributed by atoms with Crippen LogP contribution in [-0.4, -0.2) is 45.5 Å². The number of nitrogens with one attached hydrogen (secondary N) is 2. The van der Waals surface area contributed by atoms with Gasteiger partial charge in [-0.2, -0.15) is 0 Å². The van der Waals surface area contributed by atoms with Gasteiger partial charge in [-0.3, -0.25) is 0 Å². The summed E-state index contributed by atoms with van der Waals surface area (Å²) in [4.78, 5) is 4.61. The van der Waals surface area contributed by atoms with Gasteiger partial charge in [0.2, 0.25) is 0 Å². The molecule has 1 aromatic carbocycles. The lowest BCUT2D eigenvalue weighted by Crippen LogP contribution is -2.38. The minimum Gasteiger partial charge on any atom is -0.381 e. The van der Waals surface area contributed by atoms with Crippen LogP contribution in [0.2, 0.25) is 0 Å².